The van der Waals surface area contributed by atoms with Crippen LogP contribution in [0.2, 0.25) is 0 Å². The van der Waals surface area contributed by atoms with Gasteiger partial charge in [0.25, 0.3) is 0 Å². The Balaban J connectivity index is 2.34. The van der Waals surface area contributed by atoms with Crippen LogP contribution in [0.25, 0.3) is 21.8 Å². The molecule has 0 aliphatic carbocycles. The fourth-order valence-electron chi connectivity index (χ4n) is 2.67. The molecule has 0 saturated carbocycles. The van der Waals surface area contributed by atoms with Gasteiger partial charge >= 0.3 is 5.97 Å². The molecule has 0 bridgehead atoms. The molecule has 0 aliphatic heterocycles. The number of carbonyl (C=O) groups excluding carboxylic acids is 1. The lowest BCUT2D eigenvalue weighted by molar-refractivity contribution is -0.617. The van der Waals surface area contributed by atoms with Gasteiger partial charge in [0.2, 0.25) is 11.0 Å². The largest absolute Gasteiger partial charge is 0.431 e. The van der Waals surface area contributed by atoms with Gasteiger partial charge in [-0.25, -0.2) is 4.79 Å². The number of para-hydroxylation sites is 2. The van der Waals surface area contributed by atoms with E-state index in [9.17, 15) is 4.79 Å². The Hall–Kier alpha value is -2.94. The summed E-state index contributed by atoms with van der Waals surface area (Å²) in [6.45, 7) is 3.56. The summed E-state index contributed by atoms with van der Waals surface area (Å²) in [6, 6.07) is 15.6. The van der Waals surface area contributed by atoms with Gasteiger partial charge in [-0.05, 0) is 18.2 Å². The number of esters is 1. The van der Waals surface area contributed by atoms with Crippen molar-refractivity contribution in [2.24, 2.45) is 7.05 Å². The third-order valence-corrected chi connectivity index (χ3v) is 3.66. The van der Waals surface area contributed by atoms with Gasteiger partial charge in [0, 0.05) is 12.1 Å². The third-order valence-electron chi connectivity index (χ3n) is 3.66. The molecule has 0 radical (unpaired) electrons. The Bertz CT molecular complexity index is 853. The normalized spacial score (nSPS) is 11.1. The molecule has 0 spiro atoms. The van der Waals surface area contributed by atoms with Crippen LogP contribution in [0.5, 0.6) is 0 Å². The third kappa shape index (κ3) is 2.27. The first-order valence-corrected chi connectivity index (χ1v) is 7.02. The SMILES string of the molecule is C=CC=COC(=O)c1c2ccccc2[n+](C)c2ccccc12. The second kappa shape index (κ2) is 5.82. The van der Waals surface area contributed by atoms with Crippen LogP contribution in [0, 0.1) is 0 Å². The van der Waals surface area contributed by atoms with Gasteiger partial charge in [-0.3, -0.25) is 0 Å². The summed E-state index contributed by atoms with van der Waals surface area (Å²) in [4.78, 5) is 12.5. The molecule has 1 aromatic heterocycles. The van der Waals surface area contributed by atoms with Gasteiger partial charge in [-0.2, -0.15) is 4.57 Å². The van der Waals surface area contributed by atoms with E-state index in [-0.39, 0.29) is 5.97 Å². The highest BCUT2D eigenvalue weighted by Crippen LogP contribution is 2.25. The van der Waals surface area contributed by atoms with E-state index in [0.29, 0.717) is 5.56 Å². The van der Waals surface area contributed by atoms with E-state index >= 15 is 0 Å². The van der Waals surface area contributed by atoms with Crippen LogP contribution in [-0.2, 0) is 11.8 Å². The van der Waals surface area contributed by atoms with E-state index in [4.69, 9.17) is 4.74 Å². The molecule has 0 aliphatic rings. The standard InChI is InChI=1S/C19H16NO2/c1-3-4-13-22-19(21)18-14-9-5-7-11-16(14)20(2)17-12-8-6-10-15(17)18/h3-13H,1H2,2H3/q+1. The first-order chi connectivity index (χ1) is 10.7. The number of nitrogens with zero attached hydrogens (tertiary/aromatic N) is 1. The predicted molar refractivity (Wildman–Crippen MR) is 87.4 cm³/mol. The minimum atomic E-state index is -0.369. The van der Waals surface area contributed by atoms with E-state index in [2.05, 4.69) is 11.1 Å². The Labute approximate surface area is 128 Å². The maximum absolute atomic E-state index is 12.5. The molecule has 0 unspecified atom stereocenters. The van der Waals surface area contributed by atoms with E-state index in [1.54, 1.807) is 12.2 Å². The van der Waals surface area contributed by atoms with Crippen LogP contribution >= 0.6 is 0 Å². The second-order valence-corrected chi connectivity index (χ2v) is 4.94. The van der Waals surface area contributed by atoms with Crippen LogP contribution in [-0.4, -0.2) is 5.97 Å². The first kappa shape index (κ1) is 14.0. The Morgan fingerprint density at radius 3 is 2.14 bits per heavy atom. The summed E-state index contributed by atoms with van der Waals surface area (Å²) in [5.41, 5.74) is 2.56. The summed E-state index contributed by atoms with van der Waals surface area (Å²) in [7, 11) is 2.00. The van der Waals surface area contributed by atoms with E-state index < -0.39 is 0 Å². The fourth-order valence-corrected chi connectivity index (χ4v) is 2.67. The average molecular weight is 290 g/mol. The fraction of sp³-hybridized carbons (Fsp3) is 0.0526. The highest BCUT2D eigenvalue weighted by atomic mass is 16.5. The van der Waals surface area contributed by atoms with Crippen molar-refractivity contribution in [3.63, 3.8) is 0 Å². The zero-order valence-corrected chi connectivity index (χ0v) is 12.3. The molecule has 1 heterocycles. The van der Waals surface area contributed by atoms with Gasteiger partial charge in [-0.1, -0.05) is 36.9 Å². The second-order valence-electron chi connectivity index (χ2n) is 4.94. The first-order valence-electron chi connectivity index (χ1n) is 7.02. The molecular formula is C19H16NO2+. The molecule has 22 heavy (non-hydrogen) atoms. The summed E-state index contributed by atoms with van der Waals surface area (Å²) >= 11 is 0. The van der Waals surface area contributed by atoms with Crippen LogP contribution < -0.4 is 4.57 Å². The maximum Gasteiger partial charge on any atom is 0.344 e. The number of ether oxygens (including phenoxy) is 1. The molecule has 3 heteroatoms. The smallest absolute Gasteiger partial charge is 0.344 e. The minimum Gasteiger partial charge on any atom is -0.431 e. The predicted octanol–water partition coefficient (Wildman–Crippen LogP) is 3.67. The van der Waals surface area contributed by atoms with Crippen LogP contribution in [0.4, 0.5) is 0 Å². The maximum atomic E-state index is 12.5. The van der Waals surface area contributed by atoms with Crippen molar-refractivity contribution < 1.29 is 14.1 Å². The van der Waals surface area contributed by atoms with Crippen molar-refractivity contribution in [1.29, 1.82) is 0 Å². The van der Waals surface area contributed by atoms with Crippen LogP contribution in [0.1, 0.15) is 10.4 Å². The van der Waals surface area contributed by atoms with Crippen LogP contribution in [0.3, 0.4) is 0 Å². The molecule has 0 amide bonds. The summed E-state index contributed by atoms with van der Waals surface area (Å²) in [5.74, 6) is -0.369. The lowest BCUT2D eigenvalue weighted by Gasteiger charge is -2.08. The molecule has 3 rings (SSSR count). The van der Waals surface area contributed by atoms with Crippen molar-refractivity contribution in [3.8, 4) is 0 Å². The summed E-state index contributed by atoms with van der Waals surface area (Å²) in [5, 5.41) is 1.75. The molecule has 3 aromatic rings. The van der Waals surface area contributed by atoms with Crippen molar-refractivity contribution in [3.05, 3.63) is 79.1 Å². The number of fused-ring (bicyclic) bond motifs is 2. The number of aryl methyl sites for hydroxylation is 1. The van der Waals surface area contributed by atoms with Crippen LogP contribution in [0.15, 0.2) is 73.5 Å². The number of allylic oxidation sites excluding steroid dienone is 2. The molecule has 0 N–H and O–H groups in total. The Morgan fingerprint density at radius 1 is 1.05 bits per heavy atom. The van der Waals surface area contributed by atoms with Gasteiger partial charge in [0.1, 0.15) is 7.05 Å². The lowest BCUT2D eigenvalue weighted by atomic mass is 10.0. The van der Waals surface area contributed by atoms with Crippen molar-refractivity contribution in [2.75, 3.05) is 0 Å². The topological polar surface area (TPSA) is 30.2 Å². The number of benzene rings is 2. The number of carbonyl (C=O) groups is 1. The highest BCUT2D eigenvalue weighted by molar-refractivity contribution is 6.12. The van der Waals surface area contributed by atoms with E-state index in [1.807, 2.05) is 55.6 Å². The zero-order chi connectivity index (χ0) is 15.5. The number of hydrogen-bond acceptors (Lipinski definition) is 2. The number of hydrogen-bond donors (Lipinski definition) is 0. The molecule has 2 aromatic carbocycles. The van der Waals surface area contributed by atoms with Gasteiger partial charge in [0.05, 0.1) is 22.6 Å². The molecule has 0 atom stereocenters. The minimum absolute atomic E-state index is 0.369. The Morgan fingerprint density at radius 2 is 1.59 bits per heavy atom. The molecule has 0 saturated heterocycles. The summed E-state index contributed by atoms with van der Waals surface area (Å²) < 4.78 is 7.31. The Kier molecular flexibility index (Phi) is 3.71. The lowest BCUT2D eigenvalue weighted by Crippen LogP contribution is -2.31. The number of pyridine rings is 1. The van der Waals surface area contributed by atoms with Gasteiger partial charge < -0.3 is 4.74 Å². The van der Waals surface area contributed by atoms with E-state index in [1.165, 1.54) is 6.26 Å². The van der Waals surface area contributed by atoms with E-state index in [0.717, 1.165) is 21.8 Å². The quantitative estimate of drug-likeness (QED) is 0.242. The van der Waals surface area contributed by atoms with Gasteiger partial charge in [-0.15, -0.1) is 0 Å². The molecule has 108 valence electrons. The monoisotopic (exact) mass is 290 g/mol. The average Bonchev–Trinajstić information content (AvgIpc) is 2.55. The number of aromatic nitrogens is 1. The highest BCUT2D eigenvalue weighted by Gasteiger charge is 2.22. The van der Waals surface area contributed by atoms with Crippen molar-refractivity contribution in [2.45, 2.75) is 0 Å². The molecular weight excluding hydrogens is 274 g/mol. The zero-order valence-electron chi connectivity index (χ0n) is 12.3. The molecule has 3 nitrogen and oxygen atoms in total. The van der Waals surface area contributed by atoms with Crippen molar-refractivity contribution >= 4 is 27.8 Å². The van der Waals surface area contributed by atoms with Crippen molar-refractivity contribution in [1.82, 2.24) is 0 Å². The summed E-state index contributed by atoms with van der Waals surface area (Å²) in [6.07, 6.45) is 4.51. The number of rotatable bonds is 3. The molecule has 0 fully saturated rings. The van der Waals surface area contributed by atoms with Gasteiger partial charge in [0.15, 0.2) is 0 Å².